The SMILES string of the molecule is CC(C)=C(C)C(=O)C1CC2CCCC(C1)N2C(=O)OC(C)(C)C. The molecule has 2 unspecified atom stereocenters. The van der Waals surface area contributed by atoms with Crippen LogP contribution in [0.25, 0.3) is 0 Å². The highest BCUT2D eigenvalue weighted by Gasteiger charge is 2.44. The molecule has 130 valence electrons. The smallest absolute Gasteiger partial charge is 0.410 e. The second-order valence-corrected chi connectivity index (χ2v) is 8.28. The van der Waals surface area contributed by atoms with E-state index in [2.05, 4.69) is 0 Å². The molecular formula is C19H31NO3. The summed E-state index contributed by atoms with van der Waals surface area (Å²) in [6.45, 7) is 11.6. The number of hydrogen-bond donors (Lipinski definition) is 0. The topological polar surface area (TPSA) is 46.6 Å². The van der Waals surface area contributed by atoms with E-state index >= 15 is 0 Å². The van der Waals surface area contributed by atoms with E-state index in [-0.39, 0.29) is 29.9 Å². The van der Waals surface area contributed by atoms with Crippen molar-refractivity contribution in [3.63, 3.8) is 0 Å². The fourth-order valence-corrected chi connectivity index (χ4v) is 3.76. The average Bonchev–Trinajstić information content (AvgIpc) is 2.42. The van der Waals surface area contributed by atoms with E-state index in [0.717, 1.165) is 43.3 Å². The number of Topliss-reactive ketones (excluding diaryl/α,β-unsaturated/α-hetero) is 1. The van der Waals surface area contributed by atoms with Gasteiger partial charge in [0, 0.05) is 18.0 Å². The van der Waals surface area contributed by atoms with Crippen LogP contribution in [0.1, 0.15) is 73.6 Å². The molecule has 0 N–H and O–H groups in total. The summed E-state index contributed by atoms with van der Waals surface area (Å²) in [5.74, 6) is 0.324. The Morgan fingerprint density at radius 2 is 1.52 bits per heavy atom. The first-order valence-electron chi connectivity index (χ1n) is 8.79. The highest BCUT2D eigenvalue weighted by molar-refractivity contribution is 5.97. The third-order valence-electron chi connectivity index (χ3n) is 5.07. The second-order valence-electron chi connectivity index (χ2n) is 8.28. The molecule has 2 atom stereocenters. The summed E-state index contributed by atoms with van der Waals surface area (Å²) in [5, 5.41) is 0. The number of ketones is 1. The summed E-state index contributed by atoms with van der Waals surface area (Å²) < 4.78 is 5.59. The molecule has 0 radical (unpaired) electrons. The molecule has 0 aliphatic carbocycles. The van der Waals surface area contributed by atoms with E-state index in [9.17, 15) is 9.59 Å². The molecule has 0 spiro atoms. The lowest BCUT2D eigenvalue weighted by molar-refractivity contribution is -0.123. The van der Waals surface area contributed by atoms with Crippen molar-refractivity contribution in [2.75, 3.05) is 0 Å². The van der Waals surface area contributed by atoms with Gasteiger partial charge in [0.15, 0.2) is 5.78 Å². The minimum absolute atomic E-state index is 0.0545. The average molecular weight is 321 g/mol. The van der Waals surface area contributed by atoms with Crippen molar-refractivity contribution in [1.29, 1.82) is 0 Å². The van der Waals surface area contributed by atoms with Crippen LogP contribution in [0.4, 0.5) is 4.79 Å². The Kier molecular flexibility index (Phi) is 5.22. The molecule has 2 aliphatic heterocycles. The van der Waals surface area contributed by atoms with Gasteiger partial charge < -0.3 is 9.64 Å². The van der Waals surface area contributed by atoms with Crippen LogP contribution in [-0.4, -0.2) is 34.5 Å². The van der Waals surface area contributed by atoms with Gasteiger partial charge in [0.25, 0.3) is 0 Å². The first kappa shape index (κ1) is 18.0. The van der Waals surface area contributed by atoms with Gasteiger partial charge in [0.2, 0.25) is 0 Å². The van der Waals surface area contributed by atoms with Crippen molar-refractivity contribution in [3.8, 4) is 0 Å². The van der Waals surface area contributed by atoms with Gasteiger partial charge in [0.05, 0.1) is 0 Å². The maximum Gasteiger partial charge on any atom is 0.410 e. The standard InChI is InChI=1S/C19H31NO3/c1-12(2)13(3)17(21)14-10-15-8-7-9-16(11-14)20(15)18(22)23-19(4,5)6/h14-16H,7-11H2,1-6H3. The van der Waals surface area contributed by atoms with Crippen LogP contribution in [0.5, 0.6) is 0 Å². The Morgan fingerprint density at radius 3 is 1.96 bits per heavy atom. The maximum absolute atomic E-state index is 12.7. The van der Waals surface area contributed by atoms with Gasteiger partial charge in [-0.05, 0) is 79.2 Å². The lowest BCUT2D eigenvalue weighted by Gasteiger charge is -2.48. The van der Waals surface area contributed by atoms with Gasteiger partial charge in [-0.1, -0.05) is 5.57 Å². The van der Waals surface area contributed by atoms with Crippen LogP contribution in [0.15, 0.2) is 11.1 Å². The zero-order valence-electron chi connectivity index (χ0n) is 15.4. The van der Waals surface area contributed by atoms with Gasteiger partial charge in [0.1, 0.15) is 5.60 Å². The molecule has 2 fully saturated rings. The second kappa shape index (κ2) is 6.66. The minimum atomic E-state index is -0.475. The number of amides is 1. The molecule has 4 heteroatoms. The van der Waals surface area contributed by atoms with Gasteiger partial charge in [-0.25, -0.2) is 4.79 Å². The number of hydrogen-bond acceptors (Lipinski definition) is 3. The van der Waals surface area contributed by atoms with Crippen molar-refractivity contribution in [3.05, 3.63) is 11.1 Å². The zero-order chi connectivity index (χ0) is 17.4. The van der Waals surface area contributed by atoms with Crippen LogP contribution in [-0.2, 0) is 9.53 Å². The van der Waals surface area contributed by atoms with E-state index < -0.39 is 5.60 Å². The summed E-state index contributed by atoms with van der Waals surface area (Å²) in [7, 11) is 0. The van der Waals surface area contributed by atoms with E-state index in [1.807, 2.05) is 46.4 Å². The number of carbonyl (C=O) groups excluding carboxylic acids is 2. The van der Waals surface area contributed by atoms with E-state index in [4.69, 9.17) is 4.74 Å². The molecule has 0 aromatic rings. The van der Waals surface area contributed by atoms with Crippen molar-refractivity contribution in [1.82, 2.24) is 4.90 Å². The van der Waals surface area contributed by atoms with Gasteiger partial charge >= 0.3 is 6.09 Å². The molecule has 2 heterocycles. The molecule has 4 nitrogen and oxygen atoms in total. The fourth-order valence-electron chi connectivity index (χ4n) is 3.76. The van der Waals surface area contributed by atoms with Crippen molar-refractivity contribution in [2.45, 2.75) is 91.3 Å². The molecule has 2 aliphatic rings. The Balaban J connectivity index is 2.13. The Bertz CT molecular complexity index is 497. The largest absolute Gasteiger partial charge is 0.444 e. The van der Waals surface area contributed by atoms with Gasteiger partial charge in [-0.15, -0.1) is 0 Å². The quantitative estimate of drug-likeness (QED) is 0.704. The number of ether oxygens (including phenoxy) is 1. The van der Waals surface area contributed by atoms with Crippen LogP contribution in [0.2, 0.25) is 0 Å². The zero-order valence-corrected chi connectivity index (χ0v) is 15.4. The van der Waals surface area contributed by atoms with Crippen LogP contribution in [0, 0.1) is 5.92 Å². The Labute approximate surface area is 140 Å². The summed E-state index contributed by atoms with van der Waals surface area (Å²) in [6, 6.07) is 0.299. The summed E-state index contributed by atoms with van der Waals surface area (Å²) in [6.07, 6.45) is 4.44. The van der Waals surface area contributed by atoms with Crippen LogP contribution < -0.4 is 0 Å². The van der Waals surface area contributed by atoms with E-state index in [1.54, 1.807) is 0 Å². The molecule has 23 heavy (non-hydrogen) atoms. The number of piperidine rings is 2. The normalized spacial score (nSPS) is 27.4. The molecule has 1 amide bonds. The van der Waals surface area contributed by atoms with Crippen molar-refractivity contribution in [2.24, 2.45) is 5.92 Å². The third kappa shape index (κ3) is 4.15. The number of carbonyl (C=O) groups is 2. The summed E-state index contributed by atoms with van der Waals surface area (Å²) in [4.78, 5) is 27.2. The van der Waals surface area contributed by atoms with E-state index in [0.29, 0.717) is 0 Å². The molecule has 0 saturated carbocycles. The van der Waals surface area contributed by atoms with Crippen LogP contribution in [0.3, 0.4) is 0 Å². The first-order valence-corrected chi connectivity index (χ1v) is 8.79. The number of nitrogens with zero attached hydrogens (tertiary/aromatic N) is 1. The predicted molar refractivity (Wildman–Crippen MR) is 91.3 cm³/mol. The molecule has 2 saturated heterocycles. The fraction of sp³-hybridized carbons (Fsp3) is 0.789. The lowest BCUT2D eigenvalue weighted by Crippen LogP contribution is -2.56. The minimum Gasteiger partial charge on any atom is -0.444 e. The first-order chi connectivity index (χ1) is 10.6. The number of allylic oxidation sites excluding steroid dienone is 2. The monoisotopic (exact) mass is 321 g/mol. The summed E-state index contributed by atoms with van der Waals surface area (Å²) in [5.41, 5.74) is 1.50. The number of rotatable bonds is 2. The molecule has 2 bridgehead atoms. The Hall–Kier alpha value is -1.32. The van der Waals surface area contributed by atoms with Gasteiger partial charge in [-0.2, -0.15) is 0 Å². The molecule has 0 aromatic heterocycles. The highest BCUT2D eigenvalue weighted by Crippen LogP contribution is 2.39. The molecule has 2 rings (SSSR count). The molecule has 0 aromatic carbocycles. The molecular weight excluding hydrogens is 290 g/mol. The van der Waals surface area contributed by atoms with E-state index in [1.165, 1.54) is 0 Å². The summed E-state index contributed by atoms with van der Waals surface area (Å²) >= 11 is 0. The van der Waals surface area contributed by atoms with Crippen molar-refractivity contribution < 1.29 is 14.3 Å². The predicted octanol–water partition coefficient (Wildman–Crippen LogP) is 4.48. The highest BCUT2D eigenvalue weighted by atomic mass is 16.6. The number of fused-ring (bicyclic) bond motifs is 2. The van der Waals surface area contributed by atoms with Gasteiger partial charge in [-0.3, -0.25) is 4.79 Å². The Morgan fingerprint density at radius 1 is 1.00 bits per heavy atom. The third-order valence-corrected chi connectivity index (χ3v) is 5.07. The lowest BCUT2D eigenvalue weighted by atomic mass is 9.75. The van der Waals surface area contributed by atoms with Crippen molar-refractivity contribution >= 4 is 11.9 Å². The van der Waals surface area contributed by atoms with Crippen LogP contribution >= 0.6 is 0 Å². The maximum atomic E-state index is 12.7.